The topological polar surface area (TPSA) is 86.8 Å². The van der Waals surface area contributed by atoms with Gasteiger partial charge in [-0.2, -0.15) is 0 Å². The number of ketones is 1. The molecule has 2 aromatic carbocycles. The highest BCUT2D eigenvalue weighted by Gasteiger charge is 2.44. The molecule has 0 radical (unpaired) electrons. The lowest BCUT2D eigenvalue weighted by Crippen LogP contribution is -2.54. The lowest BCUT2D eigenvalue weighted by Gasteiger charge is -2.32. The van der Waals surface area contributed by atoms with E-state index in [2.05, 4.69) is 5.32 Å². The predicted octanol–water partition coefficient (Wildman–Crippen LogP) is 2.92. The van der Waals surface area contributed by atoms with Gasteiger partial charge in [0.2, 0.25) is 17.7 Å². The third-order valence-electron chi connectivity index (χ3n) is 7.95. The summed E-state index contributed by atoms with van der Waals surface area (Å²) in [5, 5.41) is 3.11. The van der Waals surface area contributed by atoms with Crippen molar-refractivity contribution in [1.29, 1.82) is 0 Å². The fourth-order valence-electron chi connectivity index (χ4n) is 6.16. The number of nitrogens with one attached hydrogen (secondary N) is 1. The molecule has 3 amide bonds. The Balaban J connectivity index is 1.46. The van der Waals surface area contributed by atoms with Crippen LogP contribution in [0.1, 0.15) is 49.7 Å². The maximum absolute atomic E-state index is 13.9. The van der Waals surface area contributed by atoms with Crippen LogP contribution in [-0.2, 0) is 32.0 Å². The van der Waals surface area contributed by atoms with Crippen molar-refractivity contribution in [3.8, 4) is 0 Å². The number of hydrogen-bond donors (Lipinski definition) is 1. The standard InChI is InChI=1S/C30H35N3O4/c34-25-19-23(17-21-9-3-1-4-10-21)29(36)33-16-8-14-27(33)30(37)32-15-7-13-26(32)28(35)31-24(20-25)18-22-11-5-2-6-12-22/h1-6,9-12,23-24,26-27H,7-8,13-20H2,(H,31,35)/t23-,24+,26+,27+/m0/s1. The molecular weight excluding hydrogens is 466 g/mol. The fourth-order valence-corrected chi connectivity index (χ4v) is 6.16. The van der Waals surface area contributed by atoms with Crippen LogP contribution in [0.25, 0.3) is 0 Å². The molecule has 7 nitrogen and oxygen atoms in total. The summed E-state index contributed by atoms with van der Waals surface area (Å²) in [5.74, 6) is -1.03. The molecule has 4 atom stereocenters. The van der Waals surface area contributed by atoms with Crippen molar-refractivity contribution in [2.75, 3.05) is 13.1 Å². The van der Waals surface area contributed by atoms with Gasteiger partial charge in [0.15, 0.2) is 0 Å². The molecule has 37 heavy (non-hydrogen) atoms. The van der Waals surface area contributed by atoms with Crippen LogP contribution < -0.4 is 5.32 Å². The van der Waals surface area contributed by atoms with E-state index in [0.717, 1.165) is 24.0 Å². The van der Waals surface area contributed by atoms with E-state index in [1.165, 1.54) is 0 Å². The molecule has 194 valence electrons. The van der Waals surface area contributed by atoms with Gasteiger partial charge in [-0.3, -0.25) is 19.2 Å². The summed E-state index contributed by atoms with van der Waals surface area (Å²) in [5.41, 5.74) is 2.02. The van der Waals surface area contributed by atoms with Crippen molar-refractivity contribution in [1.82, 2.24) is 15.1 Å². The van der Waals surface area contributed by atoms with Crippen molar-refractivity contribution in [2.45, 2.75) is 69.5 Å². The molecular formula is C30H35N3O4. The SMILES string of the molecule is O=C1C[C@@H](Cc2ccccc2)NC(=O)[C@H]2CCCN2C(=O)[C@H]2CCCN2C(=O)[C@@H](Cc2ccccc2)C1. The first kappa shape index (κ1) is 25.2. The molecule has 3 heterocycles. The highest BCUT2D eigenvalue weighted by molar-refractivity contribution is 5.95. The molecule has 0 unspecified atom stereocenters. The Morgan fingerprint density at radius 3 is 1.89 bits per heavy atom. The van der Waals surface area contributed by atoms with E-state index in [0.29, 0.717) is 38.8 Å². The molecule has 1 N–H and O–H groups in total. The average Bonchev–Trinajstić information content (AvgIpc) is 3.59. The molecule has 3 fully saturated rings. The number of carbonyl (C=O) groups excluding carboxylic acids is 4. The van der Waals surface area contributed by atoms with Gasteiger partial charge < -0.3 is 15.1 Å². The minimum Gasteiger partial charge on any atom is -0.351 e. The first-order valence-corrected chi connectivity index (χ1v) is 13.5. The van der Waals surface area contributed by atoms with Crippen molar-refractivity contribution in [3.05, 3.63) is 71.8 Å². The lowest BCUT2D eigenvalue weighted by atomic mass is 9.90. The van der Waals surface area contributed by atoms with Crippen LogP contribution in [0.5, 0.6) is 0 Å². The molecule has 0 aromatic heterocycles. The third-order valence-corrected chi connectivity index (χ3v) is 7.95. The van der Waals surface area contributed by atoms with E-state index in [4.69, 9.17) is 0 Å². The first-order chi connectivity index (χ1) is 18.0. The number of Topliss-reactive ketones (excluding diaryl/α,β-unsaturated/α-hetero) is 1. The zero-order valence-corrected chi connectivity index (χ0v) is 21.2. The number of carbonyl (C=O) groups is 4. The molecule has 3 aliphatic rings. The lowest BCUT2D eigenvalue weighted by molar-refractivity contribution is -0.148. The summed E-state index contributed by atoms with van der Waals surface area (Å²) in [6.45, 7) is 1.03. The second-order valence-electron chi connectivity index (χ2n) is 10.6. The Hall–Kier alpha value is -3.48. The molecule has 0 bridgehead atoms. The first-order valence-electron chi connectivity index (χ1n) is 13.5. The predicted molar refractivity (Wildman–Crippen MR) is 139 cm³/mol. The summed E-state index contributed by atoms with van der Waals surface area (Å²) < 4.78 is 0. The zero-order valence-electron chi connectivity index (χ0n) is 21.2. The Morgan fingerprint density at radius 2 is 1.24 bits per heavy atom. The maximum atomic E-state index is 13.9. The van der Waals surface area contributed by atoms with Crippen LogP contribution in [0.2, 0.25) is 0 Å². The molecule has 3 saturated heterocycles. The monoisotopic (exact) mass is 501 g/mol. The Morgan fingerprint density at radius 1 is 0.676 bits per heavy atom. The molecule has 5 rings (SSSR count). The molecule has 0 saturated carbocycles. The summed E-state index contributed by atoms with van der Waals surface area (Å²) in [7, 11) is 0. The molecule has 3 aliphatic heterocycles. The molecule has 7 heteroatoms. The van der Waals surface area contributed by atoms with Crippen LogP contribution in [0.4, 0.5) is 0 Å². The van der Waals surface area contributed by atoms with E-state index in [-0.39, 0.29) is 36.3 Å². The van der Waals surface area contributed by atoms with E-state index in [1.54, 1.807) is 9.80 Å². The van der Waals surface area contributed by atoms with Gasteiger partial charge in [-0.25, -0.2) is 0 Å². The quantitative estimate of drug-likeness (QED) is 0.698. The second kappa shape index (κ2) is 11.3. The van der Waals surface area contributed by atoms with Crippen LogP contribution in [0.15, 0.2) is 60.7 Å². The van der Waals surface area contributed by atoms with Gasteiger partial charge in [0.05, 0.1) is 0 Å². The van der Waals surface area contributed by atoms with Crippen molar-refractivity contribution in [2.24, 2.45) is 5.92 Å². The number of hydrogen-bond acceptors (Lipinski definition) is 4. The van der Waals surface area contributed by atoms with Crippen LogP contribution >= 0.6 is 0 Å². The number of nitrogens with zero attached hydrogens (tertiary/aromatic N) is 2. The van der Waals surface area contributed by atoms with Gasteiger partial charge in [0, 0.05) is 37.9 Å². The third kappa shape index (κ3) is 5.76. The zero-order chi connectivity index (χ0) is 25.8. The minimum atomic E-state index is -0.560. The van der Waals surface area contributed by atoms with Gasteiger partial charge in [0.1, 0.15) is 17.9 Å². The Bertz CT molecular complexity index is 1140. The normalized spacial score (nSPS) is 27.1. The van der Waals surface area contributed by atoms with Gasteiger partial charge in [-0.05, 0) is 49.7 Å². The van der Waals surface area contributed by atoms with Crippen LogP contribution in [0, 0.1) is 5.92 Å². The highest BCUT2D eigenvalue weighted by Crippen LogP contribution is 2.29. The van der Waals surface area contributed by atoms with Crippen molar-refractivity contribution in [3.63, 3.8) is 0 Å². The van der Waals surface area contributed by atoms with Gasteiger partial charge in [-0.1, -0.05) is 60.7 Å². The maximum Gasteiger partial charge on any atom is 0.246 e. The average molecular weight is 502 g/mol. The van der Waals surface area contributed by atoms with Crippen molar-refractivity contribution < 1.29 is 19.2 Å². The van der Waals surface area contributed by atoms with E-state index in [1.807, 2.05) is 60.7 Å². The summed E-state index contributed by atoms with van der Waals surface area (Å²) >= 11 is 0. The van der Waals surface area contributed by atoms with Crippen LogP contribution in [0.3, 0.4) is 0 Å². The Kier molecular flexibility index (Phi) is 7.68. The summed E-state index contributed by atoms with van der Waals surface area (Å²) in [6.07, 6.45) is 3.92. The van der Waals surface area contributed by atoms with Gasteiger partial charge >= 0.3 is 0 Å². The Labute approximate surface area is 218 Å². The number of fused-ring (bicyclic) bond motifs is 2. The van der Waals surface area contributed by atoms with Crippen LogP contribution in [-0.4, -0.2) is 64.5 Å². The minimum absolute atomic E-state index is 0.0416. The van der Waals surface area contributed by atoms with Crippen molar-refractivity contribution >= 4 is 23.5 Å². The second-order valence-corrected chi connectivity index (χ2v) is 10.6. The molecule has 0 aliphatic carbocycles. The smallest absolute Gasteiger partial charge is 0.246 e. The molecule has 0 spiro atoms. The highest BCUT2D eigenvalue weighted by atomic mass is 16.2. The number of benzene rings is 2. The number of rotatable bonds is 4. The van der Waals surface area contributed by atoms with Gasteiger partial charge in [0.25, 0.3) is 0 Å². The summed E-state index contributed by atoms with van der Waals surface area (Å²) in [6, 6.07) is 18.0. The van der Waals surface area contributed by atoms with E-state index >= 15 is 0 Å². The fraction of sp³-hybridized carbons (Fsp3) is 0.467. The van der Waals surface area contributed by atoms with Gasteiger partial charge in [-0.15, -0.1) is 0 Å². The summed E-state index contributed by atoms with van der Waals surface area (Å²) in [4.78, 5) is 57.8. The largest absolute Gasteiger partial charge is 0.351 e. The van der Waals surface area contributed by atoms with E-state index < -0.39 is 24.0 Å². The molecule has 2 aromatic rings. The number of amides is 3. The van der Waals surface area contributed by atoms with E-state index in [9.17, 15) is 19.2 Å².